The molecule has 0 spiro atoms. The van der Waals surface area contributed by atoms with Gasteiger partial charge in [0.05, 0.1) is 23.4 Å². The fraction of sp³-hybridized carbons (Fsp3) is 0.200. The van der Waals surface area contributed by atoms with E-state index >= 15 is 0 Å². The van der Waals surface area contributed by atoms with Gasteiger partial charge in [-0.1, -0.05) is 35.9 Å². The summed E-state index contributed by atoms with van der Waals surface area (Å²) in [5, 5.41) is 10.2. The molecule has 0 aliphatic carbocycles. The van der Waals surface area contributed by atoms with Crippen LogP contribution in [0.4, 0.5) is 5.82 Å². The Morgan fingerprint density at radius 1 is 1.00 bits per heavy atom. The van der Waals surface area contributed by atoms with Gasteiger partial charge < -0.3 is 10.6 Å². The first-order chi connectivity index (χ1) is 16.2. The molecule has 3 N–H and O–H groups in total. The summed E-state index contributed by atoms with van der Waals surface area (Å²) in [4.78, 5) is 16.1. The molecule has 8 heteroatoms. The number of benzene rings is 2. The van der Waals surface area contributed by atoms with Crippen LogP contribution in [0.1, 0.15) is 12.8 Å². The van der Waals surface area contributed by atoms with Gasteiger partial charge in [-0.05, 0) is 42.7 Å². The molecule has 1 fully saturated rings. The summed E-state index contributed by atoms with van der Waals surface area (Å²) >= 11 is 6.57. The average Bonchev–Trinajstić information content (AvgIpc) is 3.27. The van der Waals surface area contributed by atoms with Crippen molar-refractivity contribution in [2.75, 3.05) is 18.0 Å². The molecule has 0 radical (unpaired) electrons. The smallest absolute Gasteiger partial charge is 0.147 e. The molecule has 1 aliphatic rings. The summed E-state index contributed by atoms with van der Waals surface area (Å²) in [6, 6.07) is 16.4. The highest BCUT2D eigenvalue weighted by atomic mass is 35.5. The molecule has 0 amide bonds. The number of halogens is 1. The Morgan fingerprint density at radius 2 is 1.85 bits per heavy atom. The van der Waals surface area contributed by atoms with Crippen molar-refractivity contribution >= 4 is 39.2 Å². The minimum Gasteiger partial charge on any atom is -0.355 e. The van der Waals surface area contributed by atoms with Gasteiger partial charge in [-0.15, -0.1) is 0 Å². The van der Waals surface area contributed by atoms with E-state index in [0.29, 0.717) is 5.15 Å². The molecule has 0 atom stereocenters. The number of piperidine rings is 1. The first kappa shape index (κ1) is 20.1. The molecule has 0 saturated carbocycles. The predicted molar refractivity (Wildman–Crippen MR) is 132 cm³/mol. The monoisotopic (exact) mass is 455 g/mol. The maximum absolute atomic E-state index is 6.57. The van der Waals surface area contributed by atoms with Gasteiger partial charge in [-0.2, -0.15) is 5.10 Å². The lowest BCUT2D eigenvalue weighted by Crippen LogP contribution is -2.40. The van der Waals surface area contributed by atoms with Gasteiger partial charge in [0.2, 0.25) is 0 Å². The van der Waals surface area contributed by atoms with E-state index in [2.05, 4.69) is 37.2 Å². The third kappa shape index (κ3) is 3.69. The highest BCUT2D eigenvalue weighted by molar-refractivity contribution is 6.32. The molecule has 7 nitrogen and oxygen atoms in total. The normalized spacial score (nSPS) is 14.9. The van der Waals surface area contributed by atoms with E-state index in [4.69, 9.17) is 22.3 Å². The zero-order chi connectivity index (χ0) is 22.4. The van der Waals surface area contributed by atoms with Gasteiger partial charge >= 0.3 is 0 Å². The number of anilines is 1. The van der Waals surface area contributed by atoms with E-state index in [9.17, 15) is 0 Å². The highest BCUT2D eigenvalue weighted by Crippen LogP contribution is 2.34. The number of hydrogen-bond donors (Lipinski definition) is 2. The van der Waals surface area contributed by atoms with Crippen LogP contribution < -0.4 is 10.6 Å². The van der Waals surface area contributed by atoms with Gasteiger partial charge in [0.15, 0.2) is 0 Å². The van der Waals surface area contributed by atoms with Crippen molar-refractivity contribution in [1.82, 2.24) is 25.1 Å². The number of nitrogens with two attached hydrogens (primary N) is 1. The number of hydrogen-bond acceptors (Lipinski definition) is 6. The molecule has 5 aromatic rings. The number of rotatable bonds is 3. The summed E-state index contributed by atoms with van der Waals surface area (Å²) in [5.41, 5.74) is 11.2. The molecule has 1 saturated heterocycles. The lowest BCUT2D eigenvalue weighted by atomic mass is 10.0. The molecule has 164 valence electrons. The average molecular weight is 456 g/mol. The SMILES string of the molecule is NC1CCN(c2cncc(-c3n[nH]c4ccc(-c5cc6ccccc6nc5Cl)cc34)n2)CC1. The standard InChI is InChI=1S/C25H22ClN7/c26-25-18(12-16-3-1-2-4-20(16)30-25)15-5-6-21-19(11-15)24(32-31-21)22-13-28-14-23(29-22)33-9-7-17(27)8-10-33/h1-6,11-14,17H,7-10,27H2,(H,31,32). The second kappa shape index (κ2) is 8.10. The van der Waals surface area contributed by atoms with Crippen molar-refractivity contribution in [1.29, 1.82) is 0 Å². The van der Waals surface area contributed by atoms with E-state index in [1.165, 1.54) is 0 Å². The number of nitrogens with one attached hydrogen (secondary N) is 1. The Kier molecular flexibility index (Phi) is 4.93. The van der Waals surface area contributed by atoms with E-state index in [0.717, 1.165) is 76.1 Å². The second-order valence-electron chi connectivity index (χ2n) is 8.44. The van der Waals surface area contributed by atoms with Crippen LogP contribution in [-0.2, 0) is 0 Å². The third-order valence-electron chi connectivity index (χ3n) is 6.28. The van der Waals surface area contributed by atoms with Gasteiger partial charge in [-0.25, -0.2) is 9.97 Å². The fourth-order valence-corrected chi connectivity index (χ4v) is 4.68. The molecule has 4 heterocycles. The summed E-state index contributed by atoms with van der Waals surface area (Å²) in [6.45, 7) is 1.77. The number of nitrogens with zero attached hydrogens (tertiary/aromatic N) is 5. The Morgan fingerprint density at radius 3 is 2.73 bits per heavy atom. The molecule has 2 aromatic carbocycles. The van der Waals surface area contributed by atoms with Gasteiger partial charge in [0.1, 0.15) is 22.4 Å². The Balaban J connectivity index is 1.41. The Labute approximate surface area is 195 Å². The molecule has 0 bridgehead atoms. The second-order valence-corrected chi connectivity index (χ2v) is 8.80. The van der Waals surface area contributed by atoms with Crippen LogP contribution in [0.5, 0.6) is 0 Å². The first-order valence-corrected chi connectivity index (χ1v) is 11.4. The van der Waals surface area contributed by atoms with Crippen LogP contribution in [0.25, 0.3) is 44.3 Å². The summed E-state index contributed by atoms with van der Waals surface area (Å²) < 4.78 is 0. The maximum atomic E-state index is 6.57. The van der Waals surface area contributed by atoms with Gasteiger partial charge in [-0.3, -0.25) is 10.1 Å². The molecule has 33 heavy (non-hydrogen) atoms. The number of H-pyrrole nitrogens is 1. The summed E-state index contributed by atoms with van der Waals surface area (Å²) in [6.07, 6.45) is 5.48. The van der Waals surface area contributed by atoms with Crippen molar-refractivity contribution in [3.63, 3.8) is 0 Å². The van der Waals surface area contributed by atoms with Crippen molar-refractivity contribution in [3.05, 3.63) is 66.1 Å². The van der Waals surface area contributed by atoms with Crippen LogP contribution in [0.3, 0.4) is 0 Å². The third-order valence-corrected chi connectivity index (χ3v) is 6.57. The van der Waals surface area contributed by atoms with Gasteiger partial charge in [0, 0.05) is 35.5 Å². The minimum atomic E-state index is 0.266. The lowest BCUT2D eigenvalue weighted by molar-refractivity contribution is 0.498. The van der Waals surface area contributed by atoms with Crippen LogP contribution in [0.2, 0.25) is 5.15 Å². The molecular weight excluding hydrogens is 434 g/mol. The molecular formula is C25H22ClN7. The molecule has 1 aliphatic heterocycles. The zero-order valence-corrected chi connectivity index (χ0v) is 18.6. The lowest BCUT2D eigenvalue weighted by Gasteiger charge is -2.30. The van der Waals surface area contributed by atoms with Crippen molar-refractivity contribution in [3.8, 4) is 22.5 Å². The number of para-hydroxylation sites is 1. The van der Waals surface area contributed by atoms with Gasteiger partial charge in [0.25, 0.3) is 0 Å². The minimum absolute atomic E-state index is 0.266. The molecule has 6 rings (SSSR count). The predicted octanol–water partition coefficient (Wildman–Crippen LogP) is 4.82. The van der Waals surface area contributed by atoms with Crippen molar-refractivity contribution < 1.29 is 0 Å². The van der Waals surface area contributed by atoms with E-state index in [1.54, 1.807) is 12.4 Å². The van der Waals surface area contributed by atoms with Crippen molar-refractivity contribution in [2.45, 2.75) is 18.9 Å². The summed E-state index contributed by atoms with van der Waals surface area (Å²) in [5.74, 6) is 0.855. The number of pyridine rings is 1. The topological polar surface area (TPSA) is 96.6 Å². The van der Waals surface area contributed by atoms with Crippen LogP contribution in [0, 0.1) is 0 Å². The molecule has 0 unspecified atom stereocenters. The largest absolute Gasteiger partial charge is 0.355 e. The highest BCUT2D eigenvalue weighted by Gasteiger charge is 2.19. The molecule has 3 aromatic heterocycles. The van der Waals surface area contributed by atoms with E-state index < -0.39 is 0 Å². The van der Waals surface area contributed by atoms with E-state index in [1.807, 2.05) is 36.4 Å². The van der Waals surface area contributed by atoms with Crippen LogP contribution in [0.15, 0.2) is 60.9 Å². The Bertz CT molecular complexity index is 1470. The quantitative estimate of drug-likeness (QED) is 0.379. The van der Waals surface area contributed by atoms with E-state index in [-0.39, 0.29) is 6.04 Å². The first-order valence-electron chi connectivity index (χ1n) is 11.0. The summed E-state index contributed by atoms with van der Waals surface area (Å²) in [7, 11) is 0. The Hall–Kier alpha value is -3.55. The van der Waals surface area contributed by atoms with Crippen LogP contribution in [-0.4, -0.2) is 44.3 Å². The zero-order valence-electron chi connectivity index (χ0n) is 17.9. The van der Waals surface area contributed by atoms with Crippen molar-refractivity contribution in [2.24, 2.45) is 5.73 Å². The number of aromatic amines is 1. The van der Waals surface area contributed by atoms with Crippen LogP contribution >= 0.6 is 11.6 Å². The fourth-order valence-electron chi connectivity index (χ4n) is 4.42. The maximum Gasteiger partial charge on any atom is 0.147 e. The number of fused-ring (bicyclic) bond motifs is 2. The number of aromatic nitrogens is 5.